The molecule has 0 atom stereocenters. The minimum atomic E-state index is -0.399. The first-order valence-electron chi connectivity index (χ1n) is 12.4. The topological polar surface area (TPSA) is 79.2 Å². The fraction of sp³-hybridized carbons (Fsp3) is 0.321. The molecule has 0 unspecified atom stereocenters. The van der Waals surface area contributed by atoms with Crippen molar-refractivity contribution in [3.63, 3.8) is 0 Å². The van der Waals surface area contributed by atoms with E-state index in [-0.39, 0.29) is 17.6 Å². The Bertz CT molecular complexity index is 1150. The predicted molar refractivity (Wildman–Crippen MR) is 138 cm³/mol. The summed E-state index contributed by atoms with van der Waals surface area (Å²) in [5, 5.41) is 11.8. The van der Waals surface area contributed by atoms with Gasteiger partial charge in [0.1, 0.15) is 5.69 Å². The Kier molecular flexibility index (Phi) is 7.25. The molecule has 2 saturated heterocycles. The Hall–Kier alpha value is -3.75. The van der Waals surface area contributed by atoms with Crippen molar-refractivity contribution in [2.75, 3.05) is 57.4 Å². The average molecular weight is 487 g/mol. The molecule has 3 aromatic carbocycles. The van der Waals surface area contributed by atoms with Crippen molar-refractivity contribution in [3.05, 3.63) is 106 Å². The van der Waals surface area contributed by atoms with Gasteiger partial charge in [0.2, 0.25) is 0 Å². The van der Waals surface area contributed by atoms with Crippen LogP contribution in [0, 0.1) is 10.1 Å². The number of nitro benzene ring substituents is 1. The van der Waals surface area contributed by atoms with E-state index < -0.39 is 4.92 Å². The highest BCUT2D eigenvalue weighted by Gasteiger charge is 2.30. The molecular formula is C28H30N4O4. The molecule has 3 aromatic rings. The number of carbonyl (C=O) groups excluding carboxylic acids is 1. The van der Waals surface area contributed by atoms with Gasteiger partial charge in [0.25, 0.3) is 11.6 Å². The molecule has 8 nitrogen and oxygen atoms in total. The van der Waals surface area contributed by atoms with Crippen molar-refractivity contribution in [1.29, 1.82) is 0 Å². The molecule has 0 radical (unpaired) electrons. The smallest absolute Gasteiger partial charge is 0.293 e. The quantitative estimate of drug-likeness (QED) is 0.387. The number of rotatable bonds is 6. The zero-order chi connectivity index (χ0) is 24.9. The van der Waals surface area contributed by atoms with E-state index in [9.17, 15) is 14.9 Å². The van der Waals surface area contributed by atoms with Crippen LogP contribution in [0.25, 0.3) is 0 Å². The summed E-state index contributed by atoms with van der Waals surface area (Å²) in [6.07, 6.45) is 0. The normalized spacial score (nSPS) is 16.8. The molecule has 0 aliphatic carbocycles. The van der Waals surface area contributed by atoms with Gasteiger partial charge in [-0.05, 0) is 23.3 Å². The second-order valence-electron chi connectivity index (χ2n) is 9.11. The van der Waals surface area contributed by atoms with Crippen LogP contribution >= 0.6 is 0 Å². The second kappa shape index (κ2) is 10.9. The van der Waals surface area contributed by atoms with Crippen LogP contribution in [0.5, 0.6) is 0 Å². The highest BCUT2D eigenvalue weighted by atomic mass is 16.6. The summed E-state index contributed by atoms with van der Waals surface area (Å²) >= 11 is 0. The van der Waals surface area contributed by atoms with Crippen molar-refractivity contribution in [3.8, 4) is 0 Å². The molecule has 5 rings (SSSR count). The van der Waals surface area contributed by atoms with Gasteiger partial charge in [0, 0.05) is 50.9 Å². The van der Waals surface area contributed by atoms with Crippen LogP contribution in [0.15, 0.2) is 78.9 Å². The maximum Gasteiger partial charge on any atom is 0.293 e. The van der Waals surface area contributed by atoms with E-state index in [0.29, 0.717) is 63.7 Å². The van der Waals surface area contributed by atoms with E-state index in [1.54, 1.807) is 17.0 Å². The van der Waals surface area contributed by atoms with Crippen LogP contribution in [0.1, 0.15) is 27.5 Å². The number of morpholine rings is 1. The second-order valence-corrected chi connectivity index (χ2v) is 9.11. The van der Waals surface area contributed by atoms with Crippen LogP contribution in [-0.2, 0) is 4.74 Å². The average Bonchev–Trinajstić information content (AvgIpc) is 2.94. The van der Waals surface area contributed by atoms with E-state index in [2.05, 4.69) is 53.4 Å². The van der Waals surface area contributed by atoms with E-state index >= 15 is 0 Å². The van der Waals surface area contributed by atoms with Crippen molar-refractivity contribution in [2.24, 2.45) is 0 Å². The van der Waals surface area contributed by atoms with Gasteiger partial charge in [-0.15, -0.1) is 0 Å². The number of amides is 1. The molecule has 186 valence electrons. The standard InChI is InChI=1S/C28H30N4O4/c33-28(24-11-12-25(26(21-24)32(34)35)29-17-19-36-20-18-29)31-15-13-30(14-16-31)27(22-7-3-1-4-8-22)23-9-5-2-6-10-23/h1-12,21,27H,13-20H2. The molecule has 2 heterocycles. The van der Waals surface area contributed by atoms with Gasteiger partial charge in [0.15, 0.2) is 0 Å². The molecule has 0 bridgehead atoms. The highest BCUT2D eigenvalue weighted by Crippen LogP contribution is 2.32. The van der Waals surface area contributed by atoms with Gasteiger partial charge in [-0.3, -0.25) is 19.8 Å². The lowest BCUT2D eigenvalue weighted by molar-refractivity contribution is -0.384. The molecule has 2 aliphatic rings. The molecule has 2 fully saturated rings. The fourth-order valence-corrected chi connectivity index (χ4v) is 5.12. The summed E-state index contributed by atoms with van der Waals surface area (Å²) < 4.78 is 5.37. The maximum absolute atomic E-state index is 13.3. The molecule has 36 heavy (non-hydrogen) atoms. The third kappa shape index (κ3) is 5.10. The zero-order valence-corrected chi connectivity index (χ0v) is 20.2. The lowest BCUT2D eigenvalue weighted by Crippen LogP contribution is -2.49. The zero-order valence-electron chi connectivity index (χ0n) is 20.2. The fourth-order valence-electron chi connectivity index (χ4n) is 5.12. The summed E-state index contributed by atoms with van der Waals surface area (Å²) in [5.74, 6) is -0.165. The van der Waals surface area contributed by atoms with E-state index in [0.717, 1.165) is 0 Å². The molecule has 0 spiro atoms. The Morgan fingerprint density at radius 2 is 1.39 bits per heavy atom. The molecule has 1 amide bonds. The highest BCUT2D eigenvalue weighted by molar-refractivity contribution is 5.96. The largest absolute Gasteiger partial charge is 0.378 e. The Balaban J connectivity index is 1.31. The first-order valence-corrected chi connectivity index (χ1v) is 12.4. The lowest BCUT2D eigenvalue weighted by Gasteiger charge is -2.39. The summed E-state index contributed by atoms with van der Waals surface area (Å²) in [5.41, 5.74) is 3.30. The minimum Gasteiger partial charge on any atom is -0.378 e. The van der Waals surface area contributed by atoms with Gasteiger partial charge in [-0.25, -0.2) is 0 Å². The first-order chi connectivity index (χ1) is 17.6. The van der Waals surface area contributed by atoms with Crippen molar-refractivity contribution in [1.82, 2.24) is 9.80 Å². The molecule has 0 aromatic heterocycles. The number of carbonyl (C=O) groups is 1. The Morgan fingerprint density at radius 3 is 1.94 bits per heavy atom. The van der Waals surface area contributed by atoms with Crippen LogP contribution < -0.4 is 4.90 Å². The number of piperazine rings is 1. The third-order valence-electron chi connectivity index (χ3n) is 6.97. The number of nitrogens with zero attached hydrogens (tertiary/aromatic N) is 4. The van der Waals surface area contributed by atoms with Gasteiger partial charge >= 0.3 is 0 Å². The lowest BCUT2D eigenvalue weighted by atomic mass is 9.96. The molecule has 2 aliphatic heterocycles. The molecule has 8 heteroatoms. The van der Waals surface area contributed by atoms with Crippen molar-refractivity contribution in [2.45, 2.75) is 6.04 Å². The van der Waals surface area contributed by atoms with Gasteiger partial charge < -0.3 is 14.5 Å². The molecule has 0 saturated carbocycles. The number of benzene rings is 3. The minimum absolute atomic E-state index is 0.0328. The van der Waals surface area contributed by atoms with Gasteiger partial charge in [0.05, 0.1) is 24.2 Å². The van der Waals surface area contributed by atoms with Crippen molar-refractivity contribution < 1.29 is 14.5 Å². The monoisotopic (exact) mass is 486 g/mol. The number of anilines is 1. The molecular weight excluding hydrogens is 456 g/mol. The summed E-state index contributed by atoms with van der Waals surface area (Å²) in [6, 6.07) is 25.8. The van der Waals surface area contributed by atoms with Crippen LogP contribution in [0.4, 0.5) is 11.4 Å². The van der Waals surface area contributed by atoms with Crippen LogP contribution in [0.2, 0.25) is 0 Å². The van der Waals surface area contributed by atoms with E-state index in [1.807, 2.05) is 17.0 Å². The predicted octanol–water partition coefficient (Wildman–Crippen LogP) is 3.98. The Morgan fingerprint density at radius 1 is 0.806 bits per heavy atom. The molecule has 0 N–H and O–H groups in total. The van der Waals surface area contributed by atoms with Crippen LogP contribution in [0.3, 0.4) is 0 Å². The third-order valence-corrected chi connectivity index (χ3v) is 6.97. The summed E-state index contributed by atoms with van der Waals surface area (Å²) in [6.45, 7) is 4.83. The van der Waals surface area contributed by atoms with Gasteiger partial charge in [-0.2, -0.15) is 0 Å². The van der Waals surface area contributed by atoms with E-state index in [4.69, 9.17) is 4.74 Å². The number of ether oxygens (including phenoxy) is 1. The first kappa shape index (κ1) is 24.0. The van der Waals surface area contributed by atoms with Gasteiger partial charge in [-0.1, -0.05) is 60.7 Å². The number of nitro groups is 1. The number of hydrogen-bond acceptors (Lipinski definition) is 6. The Labute approximate surface area is 210 Å². The maximum atomic E-state index is 13.3. The van der Waals surface area contributed by atoms with Crippen LogP contribution in [-0.4, -0.2) is 73.1 Å². The summed E-state index contributed by atoms with van der Waals surface area (Å²) in [7, 11) is 0. The number of hydrogen-bond donors (Lipinski definition) is 0. The summed E-state index contributed by atoms with van der Waals surface area (Å²) in [4.78, 5) is 30.9. The SMILES string of the molecule is O=C(c1ccc(N2CCOCC2)c([N+](=O)[O-])c1)N1CCN(C(c2ccccc2)c2ccccc2)CC1. The van der Waals surface area contributed by atoms with Crippen molar-refractivity contribution >= 4 is 17.3 Å². The van der Waals surface area contributed by atoms with E-state index in [1.165, 1.54) is 17.2 Å².